The third-order valence-corrected chi connectivity index (χ3v) is 8.08. The van der Waals surface area contributed by atoms with Gasteiger partial charge in [0.15, 0.2) is 11.5 Å². The fraction of sp³-hybridized carbons (Fsp3) is 0.708. The van der Waals surface area contributed by atoms with E-state index in [0.717, 1.165) is 36.3 Å². The minimum atomic E-state index is -0.0525. The number of amides is 1. The minimum absolute atomic E-state index is 0.0495. The van der Waals surface area contributed by atoms with E-state index in [-0.39, 0.29) is 28.9 Å². The summed E-state index contributed by atoms with van der Waals surface area (Å²) in [7, 11) is 4.98. The molecule has 2 aliphatic carbocycles. The lowest BCUT2D eigenvalue weighted by Gasteiger charge is -2.53. The highest BCUT2D eigenvalue weighted by atomic mass is 16.5. The molecule has 1 aromatic carbocycles. The van der Waals surface area contributed by atoms with Crippen LogP contribution >= 0.6 is 0 Å². The molecule has 30 heavy (non-hydrogen) atoms. The largest absolute Gasteiger partial charge is 0.493 e. The van der Waals surface area contributed by atoms with Crippen LogP contribution in [-0.2, 0) is 14.3 Å². The zero-order valence-corrected chi connectivity index (χ0v) is 18.8. The van der Waals surface area contributed by atoms with Crippen LogP contribution in [-0.4, -0.2) is 46.5 Å². The lowest BCUT2D eigenvalue weighted by molar-refractivity contribution is -0.138. The fourth-order valence-electron chi connectivity index (χ4n) is 6.66. The lowest BCUT2D eigenvalue weighted by atomic mass is 9.58. The van der Waals surface area contributed by atoms with Crippen molar-refractivity contribution in [1.29, 1.82) is 0 Å². The molecular formula is C24H35NO5. The number of ether oxygens (including phenoxy) is 4. The second kappa shape index (κ2) is 8.04. The molecule has 3 aliphatic rings. The van der Waals surface area contributed by atoms with Gasteiger partial charge >= 0.3 is 0 Å². The molecule has 4 rings (SSSR count). The van der Waals surface area contributed by atoms with Gasteiger partial charge in [-0.2, -0.15) is 0 Å². The molecule has 3 fully saturated rings. The monoisotopic (exact) mass is 417 g/mol. The Balaban J connectivity index is 1.67. The van der Waals surface area contributed by atoms with Crippen molar-refractivity contribution in [2.75, 3.05) is 34.5 Å². The number of hydrogen-bond donors (Lipinski definition) is 1. The molecule has 1 N–H and O–H groups in total. The van der Waals surface area contributed by atoms with E-state index in [4.69, 9.17) is 18.9 Å². The highest BCUT2D eigenvalue weighted by Gasteiger charge is 2.68. The van der Waals surface area contributed by atoms with Crippen molar-refractivity contribution in [2.24, 2.45) is 22.7 Å². The van der Waals surface area contributed by atoms with Crippen LogP contribution in [0, 0.1) is 22.7 Å². The molecule has 6 heteroatoms. The predicted octanol–water partition coefficient (Wildman–Crippen LogP) is 3.74. The van der Waals surface area contributed by atoms with Crippen LogP contribution in [0.4, 0.5) is 0 Å². The summed E-state index contributed by atoms with van der Waals surface area (Å²) in [4.78, 5) is 12.7. The Morgan fingerprint density at radius 1 is 1.23 bits per heavy atom. The summed E-state index contributed by atoms with van der Waals surface area (Å²) in [6.07, 6.45) is 3.59. The summed E-state index contributed by atoms with van der Waals surface area (Å²) in [5.74, 6) is 2.47. The summed E-state index contributed by atoms with van der Waals surface area (Å²) in [6, 6.07) is 6.15. The Kier molecular flexibility index (Phi) is 5.75. The molecular weight excluding hydrogens is 382 g/mol. The molecule has 1 heterocycles. The number of rotatable bonds is 7. The van der Waals surface area contributed by atoms with E-state index in [1.54, 1.807) is 21.3 Å². The molecule has 0 radical (unpaired) electrons. The standard InChI is InChI=1S/C24H35NO5/c1-23(2)15-13-17-20(16-7-6-8-18(28-4)21(16)29-5)30-12-10-24(17,14-15)22(23)25-19(26)9-11-27-3/h6-8,15,17,20,22H,9-14H2,1-5H3,(H,25,26)/t15-,17-,20-,22+,24-/m1/s1. The van der Waals surface area contributed by atoms with Gasteiger partial charge in [-0.1, -0.05) is 26.0 Å². The molecule has 0 unspecified atom stereocenters. The van der Waals surface area contributed by atoms with Crippen molar-refractivity contribution in [3.8, 4) is 11.5 Å². The van der Waals surface area contributed by atoms with Gasteiger partial charge in [-0.15, -0.1) is 0 Å². The van der Waals surface area contributed by atoms with Crippen molar-refractivity contribution < 1.29 is 23.7 Å². The number of methoxy groups -OCH3 is 3. The SMILES string of the molecule is COCCC(=O)N[C@H]1C(C)(C)[C@@H]2C[C@@H]3[C@@H](c4cccc(OC)c4OC)OCC[C@@]31C2. The van der Waals surface area contributed by atoms with Gasteiger partial charge in [0.25, 0.3) is 0 Å². The lowest BCUT2D eigenvalue weighted by Crippen LogP contribution is -2.59. The van der Waals surface area contributed by atoms with Crippen LogP contribution in [0.1, 0.15) is 51.2 Å². The van der Waals surface area contributed by atoms with Gasteiger partial charge in [0, 0.05) is 31.7 Å². The maximum atomic E-state index is 12.7. The van der Waals surface area contributed by atoms with E-state index in [1.165, 1.54) is 0 Å². The zero-order chi connectivity index (χ0) is 21.5. The van der Waals surface area contributed by atoms with Crippen LogP contribution < -0.4 is 14.8 Å². The molecule has 2 bridgehead atoms. The second-order valence-electron chi connectivity index (χ2n) is 9.67. The Morgan fingerprint density at radius 3 is 2.73 bits per heavy atom. The summed E-state index contributed by atoms with van der Waals surface area (Å²) < 4.78 is 22.8. The Bertz CT molecular complexity index is 794. The predicted molar refractivity (Wildman–Crippen MR) is 114 cm³/mol. The Hall–Kier alpha value is -1.79. The van der Waals surface area contributed by atoms with Crippen molar-refractivity contribution in [3.05, 3.63) is 23.8 Å². The highest BCUT2D eigenvalue weighted by molar-refractivity contribution is 5.76. The number of carbonyl (C=O) groups excluding carboxylic acids is 1. The smallest absolute Gasteiger partial charge is 0.222 e. The number of carbonyl (C=O) groups is 1. The first-order valence-electron chi connectivity index (χ1n) is 11.0. The normalized spacial score (nSPS) is 33.8. The van der Waals surface area contributed by atoms with Gasteiger partial charge in [-0.3, -0.25) is 4.79 Å². The van der Waals surface area contributed by atoms with E-state index in [9.17, 15) is 4.79 Å². The van der Waals surface area contributed by atoms with E-state index in [1.807, 2.05) is 12.1 Å². The van der Waals surface area contributed by atoms with Crippen LogP contribution in [0.2, 0.25) is 0 Å². The van der Waals surface area contributed by atoms with Crippen LogP contribution in [0.15, 0.2) is 18.2 Å². The Morgan fingerprint density at radius 2 is 2.03 bits per heavy atom. The van der Waals surface area contributed by atoms with Crippen LogP contribution in [0.25, 0.3) is 0 Å². The molecule has 0 aromatic heterocycles. The van der Waals surface area contributed by atoms with Crippen LogP contribution in [0.3, 0.4) is 0 Å². The molecule has 1 aromatic rings. The molecule has 1 amide bonds. The van der Waals surface area contributed by atoms with Gasteiger partial charge in [-0.25, -0.2) is 0 Å². The average Bonchev–Trinajstić information content (AvgIpc) is 3.24. The van der Waals surface area contributed by atoms with Crippen molar-refractivity contribution in [3.63, 3.8) is 0 Å². The highest BCUT2D eigenvalue weighted by Crippen LogP contribution is 2.71. The molecule has 1 saturated heterocycles. The number of nitrogens with one attached hydrogen (secondary N) is 1. The maximum Gasteiger partial charge on any atom is 0.222 e. The third-order valence-electron chi connectivity index (χ3n) is 8.08. The first-order chi connectivity index (χ1) is 14.4. The Labute approximate surface area is 179 Å². The molecule has 5 atom stereocenters. The first kappa shape index (κ1) is 21.4. The maximum absolute atomic E-state index is 12.7. The van der Waals surface area contributed by atoms with Crippen LogP contribution in [0.5, 0.6) is 11.5 Å². The van der Waals surface area contributed by atoms with E-state index < -0.39 is 0 Å². The number of fused-ring (bicyclic) bond motifs is 1. The molecule has 1 aliphatic heterocycles. The van der Waals surface area contributed by atoms with E-state index >= 15 is 0 Å². The third kappa shape index (κ3) is 3.19. The van der Waals surface area contributed by atoms with Gasteiger partial charge in [0.05, 0.1) is 26.9 Å². The average molecular weight is 418 g/mol. The van der Waals surface area contributed by atoms with Crippen molar-refractivity contribution in [2.45, 2.75) is 51.7 Å². The number of hydrogen-bond acceptors (Lipinski definition) is 5. The van der Waals surface area contributed by atoms with E-state index in [0.29, 0.717) is 31.5 Å². The number of benzene rings is 1. The fourth-order valence-corrected chi connectivity index (χ4v) is 6.66. The summed E-state index contributed by atoms with van der Waals surface area (Å²) in [5, 5.41) is 3.42. The molecule has 6 nitrogen and oxygen atoms in total. The topological polar surface area (TPSA) is 66.0 Å². The number of para-hydroxylation sites is 1. The van der Waals surface area contributed by atoms with Gasteiger partial charge in [0.1, 0.15) is 0 Å². The first-order valence-corrected chi connectivity index (χ1v) is 11.0. The van der Waals surface area contributed by atoms with Gasteiger partial charge in [0.2, 0.25) is 5.91 Å². The second-order valence-corrected chi connectivity index (χ2v) is 9.67. The molecule has 2 saturated carbocycles. The van der Waals surface area contributed by atoms with Crippen molar-refractivity contribution >= 4 is 5.91 Å². The summed E-state index contributed by atoms with van der Waals surface area (Å²) in [5.41, 5.74) is 1.17. The van der Waals surface area contributed by atoms with E-state index in [2.05, 4.69) is 25.2 Å². The quantitative estimate of drug-likeness (QED) is 0.732. The van der Waals surface area contributed by atoms with Gasteiger partial charge in [-0.05, 0) is 48.0 Å². The minimum Gasteiger partial charge on any atom is -0.493 e. The molecule has 1 spiro atoms. The molecule has 166 valence electrons. The summed E-state index contributed by atoms with van der Waals surface area (Å²) >= 11 is 0. The van der Waals surface area contributed by atoms with Gasteiger partial charge < -0.3 is 24.3 Å². The van der Waals surface area contributed by atoms with Crippen molar-refractivity contribution in [1.82, 2.24) is 5.32 Å². The summed E-state index contributed by atoms with van der Waals surface area (Å²) in [6.45, 7) is 5.78. The zero-order valence-electron chi connectivity index (χ0n) is 18.8.